The number of carbonyl (C=O) groups excluding carboxylic acids is 1. The molecule has 0 aliphatic rings. The monoisotopic (exact) mass is 270 g/mol. The van der Waals surface area contributed by atoms with Crippen LogP contribution in [-0.4, -0.2) is 85.3 Å². The summed E-state index contributed by atoms with van der Waals surface area (Å²) in [6, 6.07) is 0. The van der Waals surface area contributed by atoms with Gasteiger partial charge >= 0.3 is 0 Å². The summed E-state index contributed by atoms with van der Waals surface area (Å²) in [4.78, 5) is 9.90. The van der Waals surface area contributed by atoms with Crippen molar-refractivity contribution in [2.45, 2.75) is 50.5 Å². The summed E-state index contributed by atoms with van der Waals surface area (Å²) in [6.07, 6.45) is -8.02. The number of aldehydes is 1. The zero-order valence-corrected chi connectivity index (χ0v) is 10.3. The van der Waals surface area contributed by atoms with Crippen LogP contribution in [0.25, 0.3) is 0 Å². The molecule has 0 amide bonds. The summed E-state index contributed by atoms with van der Waals surface area (Å²) in [5.74, 6) is 0. The van der Waals surface area contributed by atoms with Gasteiger partial charge in [0.2, 0.25) is 0 Å². The van der Waals surface area contributed by atoms with Gasteiger partial charge in [0.05, 0.1) is 18.8 Å². The average molecular weight is 270 g/mol. The zero-order valence-electron chi connectivity index (χ0n) is 10.3. The molecule has 0 radical (unpaired) electrons. The molecule has 8 heteroatoms. The largest absolute Gasteiger partial charge is 0.394 e. The number of aliphatic hydroxyl groups is 7. The highest BCUT2D eigenvalue weighted by molar-refractivity contribution is 5.56. The van der Waals surface area contributed by atoms with Crippen molar-refractivity contribution in [2.75, 3.05) is 6.61 Å². The summed E-state index contributed by atoms with van der Waals surface area (Å²) in [6.45, 7) is 2.33. The third kappa shape index (κ3) is 8.48. The van der Waals surface area contributed by atoms with Gasteiger partial charge in [0.15, 0.2) is 6.29 Å². The van der Waals surface area contributed by atoms with Crippen molar-refractivity contribution in [3.63, 3.8) is 0 Å². The van der Waals surface area contributed by atoms with Gasteiger partial charge in [-0.05, 0) is 13.8 Å². The summed E-state index contributed by atoms with van der Waals surface area (Å²) in [5, 5.41) is 60.3. The Balaban J connectivity index is 0. The topological polar surface area (TPSA) is 159 Å². The van der Waals surface area contributed by atoms with Crippen LogP contribution in [0, 0.1) is 0 Å². The van der Waals surface area contributed by atoms with Gasteiger partial charge in [-0.3, -0.25) is 0 Å². The van der Waals surface area contributed by atoms with Gasteiger partial charge in [0.25, 0.3) is 0 Å². The van der Waals surface area contributed by atoms with E-state index in [1.807, 2.05) is 0 Å². The molecule has 18 heavy (non-hydrogen) atoms. The second kappa shape index (κ2) is 10.3. The van der Waals surface area contributed by atoms with E-state index < -0.39 is 43.2 Å². The Hall–Kier alpha value is -0.610. The Morgan fingerprint density at radius 1 is 0.889 bits per heavy atom. The Morgan fingerprint density at radius 2 is 1.28 bits per heavy atom. The molecule has 0 aromatic rings. The molecule has 0 bridgehead atoms. The molecule has 0 rings (SSSR count). The van der Waals surface area contributed by atoms with E-state index in [9.17, 15) is 4.79 Å². The molecule has 0 saturated heterocycles. The highest BCUT2D eigenvalue weighted by Crippen LogP contribution is 2.02. The van der Waals surface area contributed by atoms with Crippen LogP contribution in [-0.2, 0) is 4.79 Å². The van der Waals surface area contributed by atoms with Crippen LogP contribution in [0.4, 0.5) is 0 Å². The lowest BCUT2D eigenvalue weighted by Crippen LogP contribution is -2.46. The van der Waals surface area contributed by atoms with E-state index in [2.05, 4.69) is 0 Å². The van der Waals surface area contributed by atoms with Crippen molar-refractivity contribution >= 4 is 6.29 Å². The van der Waals surface area contributed by atoms with Crippen molar-refractivity contribution in [2.24, 2.45) is 0 Å². The van der Waals surface area contributed by atoms with E-state index in [0.29, 0.717) is 0 Å². The normalized spacial score (nSPS) is 20.7. The van der Waals surface area contributed by atoms with Crippen molar-refractivity contribution in [3.8, 4) is 0 Å². The summed E-state index contributed by atoms with van der Waals surface area (Å²) in [7, 11) is 0. The third-order valence-corrected chi connectivity index (χ3v) is 2.12. The molecule has 7 N–H and O–H groups in total. The SMILES string of the molecule is CC(O)C(C)O.O=CC(O)C(O)C(O)C(O)CO. The fourth-order valence-corrected chi connectivity index (χ4v) is 0.618. The Labute approximate surface area is 105 Å². The predicted octanol–water partition coefficient (Wildman–Crippen LogP) is -3.63. The number of carbonyl (C=O) groups is 1. The second-order valence-corrected chi connectivity index (χ2v) is 3.84. The van der Waals surface area contributed by atoms with E-state index in [1.165, 1.54) is 0 Å². The molecule has 6 atom stereocenters. The molecule has 0 heterocycles. The number of hydrogen-bond donors (Lipinski definition) is 7. The van der Waals surface area contributed by atoms with Gasteiger partial charge < -0.3 is 40.5 Å². The first-order chi connectivity index (χ1) is 8.18. The Morgan fingerprint density at radius 3 is 1.50 bits per heavy atom. The van der Waals surface area contributed by atoms with Crippen LogP contribution in [0.1, 0.15) is 13.8 Å². The number of hydrogen-bond acceptors (Lipinski definition) is 8. The van der Waals surface area contributed by atoms with Crippen LogP contribution in [0.15, 0.2) is 0 Å². The van der Waals surface area contributed by atoms with Crippen LogP contribution in [0.2, 0.25) is 0 Å². The summed E-state index contributed by atoms with van der Waals surface area (Å²) in [5.41, 5.74) is 0. The van der Waals surface area contributed by atoms with E-state index in [0.717, 1.165) is 0 Å². The molecule has 0 aliphatic carbocycles. The quantitative estimate of drug-likeness (QED) is 0.243. The van der Waals surface area contributed by atoms with Gasteiger partial charge in [0.1, 0.15) is 24.4 Å². The van der Waals surface area contributed by atoms with Gasteiger partial charge in [-0.1, -0.05) is 0 Å². The van der Waals surface area contributed by atoms with Crippen LogP contribution < -0.4 is 0 Å². The maximum atomic E-state index is 9.90. The Bertz CT molecular complexity index is 202. The van der Waals surface area contributed by atoms with E-state index in [4.69, 9.17) is 35.7 Å². The maximum Gasteiger partial charge on any atom is 0.151 e. The molecule has 6 unspecified atom stereocenters. The molecule has 110 valence electrons. The van der Waals surface area contributed by atoms with Crippen molar-refractivity contribution in [3.05, 3.63) is 0 Å². The van der Waals surface area contributed by atoms with E-state index in [1.54, 1.807) is 13.8 Å². The second-order valence-electron chi connectivity index (χ2n) is 3.84. The molecule has 0 aromatic carbocycles. The van der Waals surface area contributed by atoms with Gasteiger partial charge in [-0.25, -0.2) is 0 Å². The Kier molecular flexibility index (Phi) is 11.3. The standard InChI is InChI=1S/C6H12O6.C4H10O2/c7-1-3(9)5(11)6(12)4(10)2-8;1-3(5)4(2)6/h1,3-6,8-12H,2H2;3-6H,1-2H3. The highest BCUT2D eigenvalue weighted by atomic mass is 16.4. The zero-order chi connectivity index (χ0) is 14.9. The fourth-order valence-electron chi connectivity index (χ4n) is 0.618. The third-order valence-electron chi connectivity index (χ3n) is 2.12. The number of aliphatic hydroxyl groups excluding tert-OH is 7. The molecule has 0 spiro atoms. The minimum absolute atomic E-state index is 0.0258. The summed E-state index contributed by atoms with van der Waals surface area (Å²) < 4.78 is 0. The highest BCUT2D eigenvalue weighted by Gasteiger charge is 2.29. The van der Waals surface area contributed by atoms with Crippen molar-refractivity contribution in [1.29, 1.82) is 0 Å². The van der Waals surface area contributed by atoms with Crippen LogP contribution in [0.3, 0.4) is 0 Å². The minimum Gasteiger partial charge on any atom is -0.394 e. The lowest BCUT2D eigenvalue weighted by molar-refractivity contribution is -0.136. The maximum absolute atomic E-state index is 9.90. The fraction of sp³-hybridized carbons (Fsp3) is 0.900. The van der Waals surface area contributed by atoms with E-state index in [-0.39, 0.29) is 6.29 Å². The van der Waals surface area contributed by atoms with Crippen LogP contribution >= 0.6 is 0 Å². The summed E-state index contributed by atoms with van der Waals surface area (Å²) >= 11 is 0. The molecular formula is C10H22O8. The molecule has 0 saturated carbocycles. The van der Waals surface area contributed by atoms with Crippen LogP contribution in [0.5, 0.6) is 0 Å². The lowest BCUT2D eigenvalue weighted by Gasteiger charge is -2.22. The van der Waals surface area contributed by atoms with Gasteiger partial charge in [-0.2, -0.15) is 0 Å². The van der Waals surface area contributed by atoms with Crippen molar-refractivity contribution < 1.29 is 40.5 Å². The van der Waals surface area contributed by atoms with Gasteiger partial charge in [-0.15, -0.1) is 0 Å². The van der Waals surface area contributed by atoms with Crippen molar-refractivity contribution in [1.82, 2.24) is 0 Å². The molecule has 8 nitrogen and oxygen atoms in total. The first-order valence-electron chi connectivity index (χ1n) is 5.33. The molecule has 0 fully saturated rings. The first kappa shape index (κ1) is 19.7. The average Bonchev–Trinajstić information content (AvgIpc) is 2.35. The first-order valence-corrected chi connectivity index (χ1v) is 5.33. The lowest BCUT2D eigenvalue weighted by atomic mass is 10.0. The molecular weight excluding hydrogens is 248 g/mol. The van der Waals surface area contributed by atoms with E-state index >= 15 is 0 Å². The van der Waals surface area contributed by atoms with Gasteiger partial charge in [0, 0.05) is 0 Å². The molecule has 0 aromatic heterocycles. The number of rotatable bonds is 6. The predicted molar refractivity (Wildman–Crippen MR) is 60.5 cm³/mol. The minimum atomic E-state index is -1.79. The molecule has 0 aliphatic heterocycles. The smallest absolute Gasteiger partial charge is 0.151 e.